The van der Waals surface area contributed by atoms with E-state index >= 15 is 0 Å². The van der Waals surface area contributed by atoms with E-state index in [9.17, 15) is 22.0 Å². The molecule has 14 heteroatoms. The average molecular weight is 539 g/mol. The second-order valence-corrected chi connectivity index (χ2v) is 8.74. The number of hydrogen-bond acceptors (Lipinski definition) is 4. The zero-order chi connectivity index (χ0) is 27.0. The standard InChI is InChI=1S/C23H23F5N8S/c1-5-35-12(3)14(6-30-35)8-34-9-15(7-29-34)31-23(37)32-22-11(2)33-36(13(22)4)10-16-17(24)19(26)21(28)20(27)18(16)25/h6-7,9H,5,8,10H2,1-4H3,(H2,31,32,37). The number of benzene rings is 1. The quantitative estimate of drug-likeness (QED) is 0.152. The lowest BCUT2D eigenvalue weighted by Crippen LogP contribution is -2.20. The minimum atomic E-state index is -2.21. The Morgan fingerprint density at radius 1 is 0.838 bits per heavy atom. The first-order valence-electron chi connectivity index (χ1n) is 11.2. The molecule has 0 atom stereocenters. The van der Waals surface area contributed by atoms with E-state index in [0.29, 0.717) is 29.3 Å². The smallest absolute Gasteiger partial charge is 0.200 e. The van der Waals surface area contributed by atoms with E-state index in [-0.39, 0.29) is 5.11 Å². The summed E-state index contributed by atoms with van der Waals surface area (Å²) in [7, 11) is 0. The van der Waals surface area contributed by atoms with Crippen molar-refractivity contribution in [2.24, 2.45) is 0 Å². The van der Waals surface area contributed by atoms with Crippen LogP contribution < -0.4 is 10.6 Å². The first-order valence-corrected chi connectivity index (χ1v) is 11.6. The summed E-state index contributed by atoms with van der Waals surface area (Å²) in [5.74, 6) is -10.0. The molecule has 0 aliphatic carbocycles. The number of halogens is 5. The van der Waals surface area contributed by atoms with Gasteiger partial charge in [-0.05, 0) is 39.9 Å². The molecule has 4 aromatic rings. The molecule has 0 radical (unpaired) electrons. The van der Waals surface area contributed by atoms with Crippen LogP contribution in [-0.2, 0) is 19.6 Å². The third kappa shape index (κ3) is 5.05. The molecule has 0 saturated heterocycles. The molecule has 0 aliphatic heterocycles. The lowest BCUT2D eigenvalue weighted by Gasteiger charge is -2.11. The van der Waals surface area contributed by atoms with Crippen molar-refractivity contribution < 1.29 is 22.0 Å². The third-order valence-corrected chi connectivity index (χ3v) is 6.16. The number of aryl methyl sites for hydroxylation is 2. The molecule has 0 amide bonds. The Labute approximate surface area is 214 Å². The minimum absolute atomic E-state index is 0.191. The van der Waals surface area contributed by atoms with Crippen molar-refractivity contribution in [3.05, 3.63) is 75.9 Å². The van der Waals surface area contributed by atoms with E-state index in [1.54, 1.807) is 37.1 Å². The van der Waals surface area contributed by atoms with Gasteiger partial charge in [0.05, 0.1) is 53.8 Å². The molecule has 0 spiro atoms. The van der Waals surface area contributed by atoms with Crippen LogP contribution in [0.4, 0.5) is 33.3 Å². The van der Waals surface area contributed by atoms with Gasteiger partial charge < -0.3 is 10.6 Å². The highest BCUT2D eigenvalue weighted by Crippen LogP contribution is 2.26. The number of nitrogens with zero attached hydrogens (tertiary/aromatic N) is 6. The molecule has 0 aliphatic rings. The lowest BCUT2D eigenvalue weighted by molar-refractivity contribution is 0.366. The Balaban J connectivity index is 1.46. The molecular weight excluding hydrogens is 515 g/mol. The van der Waals surface area contributed by atoms with Crippen LogP contribution in [0.3, 0.4) is 0 Å². The van der Waals surface area contributed by atoms with Crippen LogP contribution in [0.1, 0.15) is 35.1 Å². The fourth-order valence-corrected chi connectivity index (χ4v) is 4.11. The Bertz CT molecular complexity index is 1460. The molecule has 8 nitrogen and oxygen atoms in total. The second kappa shape index (κ2) is 10.3. The predicted molar refractivity (Wildman–Crippen MR) is 131 cm³/mol. The van der Waals surface area contributed by atoms with Gasteiger partial charge in [-0.1, -0.05) is 0 Å². The van der Waals surface area contributed by atoms with E-state index < -0.39 is 41.2 Å². The van der Waals surface area contributed by atoms with Gasteiger partial charge in [-0.15, -0.1) is 0 Å². The number of rotatable bonds is 7. The van der Waals surface area contributed by atoms with Crippen LogP contribution in [0, 0.1) is 49.9 Å². The maximum Gasteiger partial charge on any atom is 0.200 e. The molecule has 0 saturated carbocycles. The molecule has 4 rings (SSSR count). The maximum absolute atomic E-state index is 14.1. The maximum atomic E-state index is 14.1. The predicted octanol–water partition coefficient (Wildman–Crippen LogP) is 4.82. The number of aromatic nitrogens is 6. The van der Waals surface area contributed by atoms with Crippen LogP contribution >= 0.6 is 12.2 Å². The van der Waals surface area contributed by atoms with E-state index in [2.05, 4.69) is 25.9 Å². The van der Waals surface area contributed by atoms with Crippen LogP contribution in [-0.4, -0.2) is 34.5 Å². The normalized spacial score (nSPS) is 11.3. The van der Waals surface area contributed by atoms with E-state index in [4.69, 9.17) is 12.2 Å². The number of hydrogen-bond donors (Lipinski definition) is 2. The highest BCUT2D eigenvalue weighted by atomic mass is 32.1. The summed E-state index contributed by atoms with van der Waals surface area (Å²) in [6.45, 7) is 7.83. The minimum Gasteiger partial charge on any atom is -0.330 e. The topological polar surface area (TPSA) is 77.5 Å². The molecule has 37 heavy (non-hydrogen) atoms. The Kier molecular flexibility index (Phi) is 7.30. The molecule has 0 bridgehead atoms. The van der Waals surface area contributed by atoms with Gasteiger partial charge in [0.1, 0.15) is 0 Å². The van der Waals surface area contributed by atoms with Gasteiger partial charge in [-0.25, -0.2) is 22.0 Å². The number of thiocarbonyl (C=S) groups is 1. The van der Waals surface area contributed by atoms with Crippen molar-refractivity contribution in [3.63, 3.8) is 0 Å². The van der Waals surface area contributed by atoms with Gasteiger partial charge in [0.2, 0.25) is 5.82 Å². The van der Waals surface area contributed by atoms with Gasteiger partial charge in [0.25, 0.3) is 0 Å². The number of anilines is 2. The third-order valence-electron chi connectivity index (χ3n) is 5.96. The molecule has 1 aromatic carbocycles. The van der Waals surface area contributed by atoms with Gasteiger partial charge >= 0.3 is 0 Å². The van der Waals surface area contributed by atoms with E-state index in [1.165, 1.54) is 0 Å². The van der Waals surface area contributed by atoms with Crippen molar-refractivity contribution in [1.29, 1.82) is 0 Å². The molecule has 2 N–H and O–H groups in total. The SMILES string of the molecule is CCn1ncc(Cn2cc(NC(=S)Nc3c(C)nn(Cc4c(F)c(F)c(F)c(F)c4F)c3C)cn2)c1C. The van der Waals surface area contributed by atoms with Crippen molar-refractivity contribution in [2.45, 2.75) is 47.3 Å². The van der Waals surface area contributed by atoms with E-state index in [0.717, 1.165) is 22.5 Å². The fourth-order valence-electron chi connectivity index (χ4n) is 3.89. The van der Waals surface area contributed by atoms with Gasteiger partial charge in [-0.2, -0.15) is 15.3 Å². The van der Waals surface area contributed by atoms with Crippen LogP contribution in [0.25, 0.3) is 0 Å². The molecule has 3 aromatic heterocycles. The zero-order valence-corrected chi connectivity index (χ0v) is 21.2. The summed E-state index contributed by atoms with van der Waals surface area (Å²) in [4.78, 5) is 0. The van der Waals surface area contributed by atoms with Gasteiger partial charge in [0.15, 0.2) is 28.4 Å². The lowest BCUT2D eigenvalue weighted by atomic mass is 10.1. The average Bonchev–Trinajstić information content (AvgIpc) is 3.53. The van der Waals surface area contributed by atoms with Crippen LogP contribution in [0.15, 0.2) is 18.6 Å². The molecule has 196 valence electrons. The molecule has 0 unspecified atom stereocenters. The summed E-state index contributed by atoms with van der Waals surface area (Å²) < 4.78 is 73.6. The summed E-state index contributed by atoms with van der Waals surface area (Å²) >= 11 is 5.37. The second-order valence-electron chi connectivity index (χ2n) is 8.33. The fraction of sp³-hybridized carbons (Fsp3) is 0.304. The molecular formula is C23H23F5N8S. The van der Waals surface area contributed by atoms with Gasteiger partial charge in [0, 0.05) is 24.0 Å². The molecule has 0 fully saturated rings. The van der Waals surface area contributed by atoms with Crippen molar-refractivity contribution >= 4 is 28.7 Å². The Morgan fingerprint density at radius 3 is 2.11 bits per heavy atom. The Hall–Kier alpha value is -3.81. The summed E-state index contributed by atoms with van der Waals surface area (Å²) in [5.41, 5.74) is 2.93. The van der Waals surface area contributed by atoms with Crippen molar-refractivity contribution in [1.82, 2.24) is 29.3 Å². The highest BCUT2D eigenvalue weighted by molar-refractivity contribution is 7.80. The van der Waals surface area contributed by atoms with Gasteiger partial charge in [-0.3, -0.25) is 14.0 Å². The first-order chi connectivity index (χ1) is 17.5. The number of nitrogens with one attached hydrogen (secondary N) is 2. The summed E-state index contributed by atoms with van der Waals surface area (Å²) in [6.07, 6.45) is 5.17. The first kappa shape index (κ1) is 26.3. The van der Waals surface area contributed by atoms with Crippen LogP contribution in [0.5, 0.6) is 0 Å². The van der Waals surface area contributed by atoms with Crippen molar-refractivity contribution in [2.75, 3.05) is 10.6 Å². The van der Waals surface area contributed by atoms with Crippen molar-refractivity contribution in [3.8, 4) is 0 Å². The van der Waals surface area contributed by atoms with E-state index in [1.807, 2.05) is 18.5 Å². The highest BCUT2D eigenvalue weighted by Gasteiger charge is 2.27. The molecule has 3 heterocycles. The Morgan fingerprint density at radius 2 is 1.49 bits per heavy atom. The summed E-state index contributed by atoms with van der Waals surface area (Å²) in [5, 5.41) is 19.0. The van der Waals surface area contributed by atoms with Crippen LogP contribution in [0.2, 0.25) is 0 Å². The largest absolute Gasteiger partial charge is 0.330 e. The zero-order valence-electron chi connectivity index (χ0n) is 20.3. The summed E-state index contributed by atoms with van der Waals surface area (Å²) in [6, 6.07) is 0. The monoisotopic (exact) mass is 538 g/mol.